The van der Waals surface area contributed by atoms with E-state index < -0.39 is 15.6 Å². The first-order chi connectivity index (χ1) is 9.42. The van der Waals surface area contributed by atoms with Crippen LogP contribution in [0.25, 0.3) is 0 Å². The molecule has 0 aliphatic heterocycles. The molecule has 0 bridgehead atoms. The van der Waals surface area contributed by atoms with E-state index in [-0.39, 0.29) is 4.90 Å². The van der Waals surface area contributed by atoms with Crippen LogP contribution < -0.4 is 5.73 Å². The first kappa shape index (κ1) is 15.4. The second-order valence-electron chi connectivity index (χ2n) is 5.77. The minimum atomic E-state index is -3.54. The molecular weight excluding hydrogens is 274 g/mol. The summed E-state index contributed by atoms with van der Waals surface area (Å²) < 4.78 is 26.9. The molecule has 1 saturated carbocycles. The highest BCUT2D eigenvalue weighted by Gasteiger charge is 2.42. The predicted molar refractivity (Wildman–Crippen MR) is 78.6 cm³/mol. The van der Waals surface area contributed by atoms with Crippen LogP contribution in [-0.4, -0.2) is 36.8 Å². The summed E-state index contributed by atoms with van der Waals surface area (Å²) in [4.78, 5) is 4.13. The summed E-state index contributed by atoms with van der Waals surface area (Å²) in [6.07, 6.45) is 6.64. The molecule has 0 spiro atoms. The van der Waals surface area contributed by atoms with Gasteiger partial charge in [0.1, 0.15) is 4.90 Å². The fourth-order valence-electron chi connectivity index (χ4n) is 2.86. The van der Waals surface area contributed by atoms with E-state index in [0.29, 0.717) is 12.5 Å². The molecule has 1 aromatic rings. The van der Waals surface area contributed by atoms with Gasteiger partial charge in [-0.1, -0.05) is 6.92 Å². The third-order valence-electron chi connectivity index (χ3n) is 4.55. The largest absolute Gasteiger partial charge is 0.329 e. The molecule has 0 amide bonds. The Morgan fingerprint density at radius 2 is 2.10 bits per heavy atom. The number of hydrogen-bond donors (Lipinski definition) is 1. The molecule has 5 nitrogen and oxygen atoms in total. The van der Waals surface area contributed by atoms with Gasteiger partial charge in [0.2, 0.25) is 10.0 Å². The summed E-state index contributed by atoms with van der Waals surface area (Å²) in [5, 5.41) is 0. The Bertz CT molecular complexity index is 537. The van der Waals surface area contributed by atoms with Crippen LogP contribution in [0.2, 0.25) is 0 Å². The topological polar surface area (TPSA) is 76.3 Å². The highest BCUT2D eigenvalue weighted by molar-refractivity contribution is 7.89. The molecule has 0 unspecified atom stereocenters. The monoisotopic (exact) mass is 297 g/mol. The number of nitrogens with two attached hydrogens (primary N) is 1. The molecule has 1 heterocycles. The van der Waals surface area contributed by atoms with Gasteiger partial charge >= 0.3 is 0 Å². The number of hydrogen-bond acceptors (Lipinski definition) is 4. The van der Waals surface area contributed by atoms with Crippen molar-refractivity contribution in [2.24, 2.45) is 11.7 Å². The highest BCUT2D eigenvalue weighted by atomic mass is 32.2. The van der Waals surface area contributed by atoms with E-state index in [1.165, 1.54) is 10.5 Å². The maximum absolute atomic E-state index is 12.7. The fourth-order valence-corrected chi connectivity index (χ4v) is 4.39. The number of likely N-dealkylation sites (N-methyl/N-ethyl adjacent to an activating group) is 1. The second-order valence-corrected chi connectivity index (χ2v) is 7.74. The van der Waals surface area contributed by atoms with Crippen molar-refractivity contribution < 1.29 is 8.42 Å². The molecule has 0 saturated heterocycles. The van der Waals surface area contributed by atoms with Crippen molar-refractivity contribution in [2.75, 3.05) is 13.6 Å². The smallest absolute Gasteiger partial charge is 0.244 e. The summed E-state index contributed by atoms with van der Waals surface area (Å²) in [5.74, 6) is 0.643. The van der Waals surface area contributed by atoms with E-state index in [4.69, 9.17) is 5.73 Å². The Hall–Kier alpha value is -0.980. The molecule has 1 aliphatic carbocycles. The normalized spacial score (nSPS) is 27.7. The Morgan fingerprint density at radius 1 is 1.45 bits per heavy atom. The lowest BCUT2D eigenvalue weighted by Gasteiger charge is -2.44. The van der Waals surface area contributed by atoms with Crippen molar-refractivity contribution in [1.29, 1.82) is 0 Å². The molecule has 0 atom stereocenters. The number of aromatic nitrogens is 1. The molecule has 1 aliphatic rings. The van der Waals surface area contributed by atoms with E-state index in [1.54, 1.807) is 25.4 Å². The highest BCUT2D eigenvalue weighted by Crippen LogP contribution is 2.37. The maximum Gasteiger partial charge on any atom is 0.244 e. The van der Waals surface area contributed by atoms with Crippen LogP contribution in [-0.2, 0) is 10.0 Å². The zero-order valence-corrected chi connectivity index (χ0v) is 12.9. The van der Waals surface area contributed by atoms with Crippen LogP contribution in [0, 0.1) is 5.92 Å². The van der Waals surface area contributed by atoms with Gasteiger partial charge in [-0.05, 0) is 43.7 Å². The van der Waals surface area contributed by atoms with Crippen molar-refractivity contribution in [3.8, 4) is 0 Å². The molecule has 0 radical (unpaired) electrons. The molecule has 20 heavy (non-hydrogen) atoms. The Labute approximate surface area is 121 Å². The second kappa shape index (κ2) is 5.79. The van der Waals surface area contributed by atoms with Gasteiger partial charge in [-0.25, -0.2) is 8.42 Å². The summed E-state index contributed by atoms with van der Waals surface area (Å²) in [5.41, 5.74) is 5.48. The third kappa shape index (κ3) is 2.73. The molecule has 112 valence electrons. The summed E-state index contributed by atoms with van der Waals surface area (Å²) >= 11 is 0. The molecule has 1 fully saturated rings. The first-order valence-corrected chi connectivity index (χ1v) is 8.45. The fraction of sp³-hybridized carbons (Fsp3) is 0.643. The predicted octanol–water partition coefficient (Wildman–Crippen LogP) is 1.61. The van der Waals surface area contributed by atoms with E-state index >= 15 is 0 Å². The summed E-state index contributed by atoms with van der Waals surface area (Å²) in [6.45, 7) is 2.56. The molecule has 6 heteroatoms. The average Bonchev–Trinajstić information content (AvgIpc) is 2.48. The lowest BCUT2D eigenvalue weighted by molar-refractivity contribution is 0.135. The molecular formula is C14H23N3O2S. The van der Waals surface area contributed by atoms with E-state index in [1.807, 2.05) is 0 Å². The van der Waals surface area contributed by atoms with Crippen LogP contribution in [0.4, 0.5) is 0 Å². The third-order valence-corrected chi connectivity index (χ3v) is 6.49. The SMILES string of the molecule is CC1CCC(CN)(N(C)S(=O)(=O)c2cccnc2)CC1. The quantitative estimate of drug-likeness (QED) is 0.916. The van der Waals surface area contributed by atoms with Crippen molar-refractivity contribution in [3.63, 3.8) is 0 Å². The zero-order valence-electron chi connectivity index (χ0n) is 12.1. The van der Waals surface area contributed by atoms with Gasteiger partial charge in [-0.15, -0.1) is 0 Å². The van der Waals surface area contributed by atoms with Crippen molar-refractivity contribution >= 4 is 10.0 Å². The number of pyridine rings is 1. The van der Waals surface area contributed by atoms with Crippen molar-refractivity contribution in [1.82, 2.24) is 9.29 Å². The zero-order chi connectivity index (χ0) is 14.8. The Kier molecular flexibility index (Phi) is 4.46. The summed E-state index contributed by atoms with van der Waals surface area (Å²) in [7, 11) is -1.89. The molecule has 2 rings (SSSR count). The average molecular weight is 297 g/mol. The lowest BCUT2D eigenvalue weighted by Crippen LogP contribution is -2.56. The summed E-state index contributed by atoms with van der Waals surface area (Å²) in [6, 6.07) is 3.22. The van der Waals surface area contributed by atoms with Gasteiger partial charge in [-0.2, -0.15) is 4.31 Å². The van der Waals surface area contributed by atoms with Gasteiger partial charge in [0.25, 0.3) is 0 Å². The van der Waals surface area contributed by atoms with Crippen LogP contribution >= 0.6 is 0 Å². The van der Waals surface area contributed by atoms with Crippen molar-refractivity contribution in [3.05, 3.63) is 24.5 Å². The standard InChI is InChI=1S/C14H23N3O2S/c1-12-5-7-14(11-15,8-6-12)17(2)20(18,19)13-4-3-9-16-10-13/h3-4,9-10,12H,5-8,11,15H2,1-2H3. The number of nitrogens with zero attached hydrogens (tertiary/aromatic N) is 2. The lowest BCUT2D eigenvalue weighted by atomic mass is 9.77. The van der Waals surface area contributed by atoms with E-state index in [9.17, 15) is 8.42 Å². The van der Waals surface area contributed by atoms with Gasteiger partial charge in [0.15, 0.2) is 0 Å². The molecule has 0 aromatic carbocycles. The minimum Gasteiger partial charge on any atom is -0.329 e. The van der Waals surface area contributed by atoms with Gasteiger partial charge < -0.3 is 5.73 Å². The van der Waals surface area contributed by atoms with Crippen LogP contribution in [0.15, 0.2) is 29.4 Å². The van der Waals surface area contributed by atoms with Crippen LogP contribution in [0.1, 0.15) is 32.6 Å². The van der Waals surface area contributed by atoms with Gasteiger partial charge in [0.05, 0.1) is 0 Å². The van der Waals surface area contributed by atoms with Gasteiger partial charge in [-0.3, -0.25) is 4.98 Å². The van der Waals surface area contributed by atoms with Gasteiger partial charge in [0, 0.05) is 31.5 Å². The Morgan fingerprint density at radius 3 is 2.60 bits per heavy atom. The van der Waals surface area contributed by atoms with E-state index in [0.717, 1.165) is 25.7 Å². The molecule has 2 N–H and O–H groups in total. The number of sulfonamides is 1. The molecule has 1 aromatic heterocycles. The van der Waals surface area contributed by atoms with Crippen LogP contribution in [0.3, 0.4) is 0 Å². The van der Waals surface area contributed by atoms with Crippen LogP contribution in [0.5, 0.6) is 0 Å². The maximum atomic E-state index is 12.7. The minimum absolute atomic E-state index is 0.231. The number of rotatable bonds is 4. The first-order valence-electron chi connectivity index (χ1n) is 7.01. The van der Waals surface area contributed by atoms with Crippen molar-refractivity contribution in [2.45, 2.75) is 43.0 Å². The Balaban J connectivity index is 2.31. The van der Waals surface area contributed by atoms with E-state index in [2.05, 4.69) is 11.9 Å².